The fourth-order valence-electron chi connectivity index (χ4n) is 1.80. The Hall–Kier alpha value is -1.78. The predicted molar refractivity (Wildman–Crippen MR) is 52.3 cm³/mol. The zero-order valence-corrected chi connectivity index (χ0v) is 7.12. The van der Waals surface area contributed by atoms with Gasteiger partial charge in [0, 0.05) is 10.4 Å². The normalized spacial score (nSPS) is 11.1. The van der Waals surface area contributed by atoms with Crippen molar-refractivity contribution in [3.8, 4) is 0 Å². The smallest absolute Gasteiger partial charge is 0.0250 e. The first-order valence-corrected chi connectivity index (χ1v) is 4.40. The maximum Gasteiger partial charge on any atom is 0.0250 e. The summed E-state index contributed by atoms with van der Waals surface area (Å²) in [6.07, 6.45) is 0. The minimum Gasteiger partial charge on any atom is -0.104 e. The molecule has 2 aromatic rings. The van der Waals surface area contributed by atoms with Crippen LogP contribution < -0.4 is 10.4 Å². The lowest BCUT2D eigenvalue weighted by Gasteiger charge is -1.84. The van der Waals surface area contributed by atoms with Crippen molar-refractivity contribution in [1.29, 1.82) is 0 Å². The third kappa shape index (κ3) is 0.867. The molecule has 2 aromatic carbocycles. The summed E-state index contributed by atoms with van der Waals surface area (Å²) in [6, 6.07) is 16.8. The summed E-state index contributed by atoms with van der Waals surface area (Å²) in [5, 5.41) is 5.03. The molecule has 1 aliphatic carbocycles. The summed E-state index contributed by atoms with van der Waals surface area (Å²) in [6.45, 7) is 0. The zero-order valence-electron chi connectivity index (χ0n) is 7.12. The van der Waals surface area contributed by atoms with Crippen molar-refractivity contribution < 1.29 is 0 Å². The van der Waals surface area contributed by atoms with Gasteiger partial charge in [-0.1, -0.05) is 36.4 Å². The average molecular weight is 164 g/mol. The van der Waals surface area contributed by atoms with E-state index in [4.69, 9.17) is 0 Å². The average Bonchev–Trinajstić information content (AvgIpc) is 2.56. The van der Waals surface area contributed by atoms with Gasteiger partial charge in [0.25, 0.3) is 0 Å². The van der Waals surface area contributed by atoms with Crippen LogP contribution in [0.3, 0.4) is 0 Å². The van der Waals surface area contributed by atoms with Crippen LogP contribution in [0.15, 0.2) is 48.5 Å². The molecule has 0 spiro atoms. The number of hydrogen-bond donors (Lipinski definition) is 0. The lowest BCUT2D eigenvalue weighted by atomic mass is 10.2. The Morgan fingerprint density at radius 2 is 1.08 bits per heavy atom. The molecule has 60 valence electrons. The minimum absolute atomic E-state index is 1.21. The van der Waals surface area contributed by atoms with Crippen LogP contribution in [-0.2, 0) is 0 Å². The van der Waals surface area contributed by atoms with E-state index in [2.05, 4.69) is 54.3 Å². The van der Waals surface area contributed by atoms with Crippen molar-refractivity contribution in [1.82, 2.24) is 0 Å². The second kappa shape index (κ2) is 2.35. The second-order valence-corrected chi connectivity index (χ2v) is 3.22. The number of benzene rings is 2. The maximum atomic E-state index is 3.38. The first-order valence-electron chi connectivity index (χ1n) is 4.40. The maximum absolute atomic E-state index is 3.38. The van der Waals surface area contributed by atoms with Crippen LogP contribution in [0.25, 0.3) is 5.73 Å². The molecular formula is C13H8. The third-order valence-electron chi connectivity index (χ3n) is 2.41. The van der Waals surface area contributed by atoms with Gasteiger partial charge in [0.2, 0.25) is 0 Å². The molecule has 0 unspecified atom stereocenters. The summed E-state index contributed by atoms with van der Waals surface area (Å²) in [4.78, 5) is 0. The predicted octanol–water partition coefficient (Wildman–Crippen LogP) is 1.04. The van der Waals surface area contributed by atoms with E-state index in [9.17, 15) is 0 Å². The third-order valence-corrected chi connectivity index (χ3v) is 2.41. The van der Waals surface area contributed by atoms with Crippen molar-refractivity contribution >= 4 is 5.73 Å². The fraction of sp³-hybridized carbons (Fsp3) is 0. The van der Waals surface area contributed by atoms with Crippen LogP contribution in [0, 0.1) is 10.4 Å². The van der Waals surface area contributed by atoms with Crippen LogP contribution in [-0.4, -0.2) is 0 Å². The van der Waals surface area contributed by atoms with Gasteiger partial charge >= 0.3 is 0 Å². The molecule has 3 rings (SSSR count). The van der Waals surface area contributed by atoms with Crippen molar-refractivity contribution in [3.05, 3.63) is 69.4 Å². The number of hydrogen-bond acceptors (Lipinski definition) is 0. The molecule has 0 radical (unpaired) electrons. The zero-order chi connectivity index (χ0) is 8.67. The van der Waals surface area contributed by atoms with Gasteiger partial charge in [-0.3, -0.25) is 0 Å². The minimum atomic E-state index is 1.21. The molecule has 0 nitrogen and oxygen atoms in total. The highest BCUT2D eigenvalue weighted by Gasteiger charge is 1.92. The molecule has 13 heavy (non-hydrogen) atoms. The van der Waals surface area contributed by atoms with E-state index in [1.807, 2.05) is 0 Å². The fourth-order valence-corrected chi connectivity index (χ4v) is 1.80. The summed E-state index contributed by atoms with van der Waals surface area (Å²) in [5.74, 6) is 0. The first-order chi connectivity index (χ1) is 6.45. The Morgan fingerprint density at radius 3 is 1.62 bits per heavy atom. The van der Waals surface area contributed by atoms with Gasteiger partial charge in [0.1, 0.15) is 0 Å². The molecule has 0 heteroatoms. The van der Waals surface area contributed by atoms with Crippen LogP contribution in [0.1, 0.15) is 0 Å². The van der Waals surface area contributed by atoms with E-state index in [-0.39, 0.29) is 0 Å². The van der Waals surface area contributed by atoms with Crippen LogP contribution in [0.5, 0.6) is 0 Å². The molecule has 0 bridgehead atoms. The molecule has 1 aliphatic rings. The summed E-state index contributed by atoms with van der Waals surface area (Å²) in [5.41, 5.74) is 3.38. The van der Waals surface area contributed by atoms with Gasteiger partial charge in [-0.15, -0.1) is 5.73 Å². The molecule has 0 aliphatic heterocycles. The largest absolute Gasteiger partial charge is 0.104 e. The Balaban J connectivity index is 2.84. The lowest BCUT2D eigenvalue weighted by molar-refractivity contribution is 1.45. The number of fused-ring (bicyclic) bond motifs is 2. The van der Waals surface area contributed by atoms with Crippen LogP contribution >= 0.6 is 0 Å². The monoisotopic (exact) mass is 164 g/mol. The van der Waals surface area contributed by atoms with Crippen LogP contribution in [0.2, 0.25) is 0 Å². The molecule has 0 saturated heterocycles. The van der Waals surface area contributed by atoms with Crippen LogP contribution in [0.4, 0.5) is 0 Å². The van der Waals surface area contributed by atoms with Gasteiger partial charge < -0.3 is 0 Å². The quantitative estimate of drug-likeness (QED) is 0.465. The lowest BCUT2D eigenvalue weighted by Crippen LogP contribution is -1.96. The Kier molecular flexibility index (Phi) is 1.21. The summed E-state index contributed by atoms with van der Waals surface area (Å²) in [7, 11) is 0. The molecule has 0 saturated carbocycles. The van der Waals surface area contributed by atoms with Gasteiger partial charge in [-0.05, 0) is 22.6 Å². The van der Waals surface area contributed by atoms with Crippen molar-refractivity contribution in [2.24, 2.45) is 0 Å². The topological polar surface area (TPSA) is 0 Å². The SMILES string of the molecule is C1=c2ccccc2=c2ccccc2=1. The van der Waals surface area contributed by atoms with Gasteiger partial charge in [-0.2, -0.15) is 0 Å². The Morgan fingerprint density at radius 1 is 0.615 bits per heavy atom. The van der Waals surface area contributed by atoms with Gasteiger partial charge in [-0.25, -0.2) is 0 Å². The first kappa shape index (κ1) is 6.71. The highest BCUT2D eigenvalue weighted by Crippen LogP contribution is 1.90. The summed E-state index contributed by atoms with van der Waals surface area (Å²) < 4.78 is 0. The standard InChI is InChI=1S/C13H8/c1-3-7-12-10(5-1)9-11-6-2-4-8-13(11)12/h1-8H. The Bertz CT molecular complexity index is 617. The second-order valence-electron chi connectivity index (χ2n) is 3.22. The van der Waals surface area contributed by atoms with E-state index < -0.39 is 0 Å². The van der Waals surface area contributed by atoms with E-state index in [1.165, 1.54) is 20.9 Å². The highest BCUT2D eigenvalue weighted by atomic mass is 14.0. The van der Waals surface area contributed by atoms with Crippen molar-refractivity contribution in [2.75, 3.05) is 0 Å². The van der Waals surface area contributed by atoms with E-state index >= 15 is 0 Å². The van der Waals surface area contributed by atoms with E-state index in [1.54, 1.807) is 0 Å². The van der Waals surface area contributed by atoms with Gasteiger partial charge in [0.05, 0.1) is 0 Å². The molecule has 0 aromatic heterocycles. The Labute approximate surface area is 75.8 Å². The molecule has 0 atom stereocenters. The van der Waals surface area contributed by atoms with Gasteiger partial charge in [0.15, 0.2) is 0 Å². The van der Waals surface area contributed by atoms with Crippen molar-refractivity contribution in [2.45, 2.75) is 0 Å². The van der Waals surface area contributed by atoms with E-state index in [0.29, 0.717) is 0 Å². The van der Waals surface area contributed by atoms with E-state index in [0.717, 1.165) is 0 Å². The molecule has 0 fully saturated rings. The van der Waals surface area contributed by atoms with Crippen molar-refractivity contribution in [3.63, 3.8) is 0 Å². The molecule has 0 amide bonds. The summed E-state index contributed by atoms with van der Waals surface area (Å²) >= 11 is 0. The highest BCUT2D eigenvalue weighted by molar-refractivity contribution is 5.33. The molecular weight excluding hydrogens is 156 g/mol. The number of rotatable bonds is 0. The molecule has 0 N–H and O–H groups in total. The molecule has 0 heterocycles.